The molecule has 5 heteroatoms. The summed E-state index contributed by atoms with van der Waals surface area (Å²) >= 11 is 0. The third-order valence-electron chi connectivity index (χ3n) is 3.50. The second kappa shape index (κ2) is 9.28. The summed E-state index contributed by atoms with van der Waals surface area (Å²) in [5.41, 5.74) is 0. The van der Waals surface area contributed by atoms with Crippen molar-refractivity contribution in [1.29, 1.82) is 0 Å². The number of hydrogen-bond donors (Lipinski definition) is 1. The van der Waals surface area contributed by atoms with Crippen molar-refractivity contribution in [2.24, 2.45) is 0 Å². The number of nitrogens with one attached hydrogen (secondary N) is 1. The zero-order chi connectivity index (χ0) is 14.1. The third kappa shape index (κ3) is 5.89. The average molecular weight is 272 g/mol. The van der Waals surface area contributed by atoms with Gasteiger partial charge in [-0.15, -0.1) is 0 Å². The van der Waals surface area contributed by atoms with Gasteiger partial charge in [-0.05, 0) is 32.7 Å². The molecule has 1 aliphatic rings. The first-order valence-corrected chi connectivity index (χ1v) is 7.36. The number of esters is 1. The molecule has 1 N–H and O–H groups in total. The van der Waals surface area contributed by atoms with Gasteiger partial charge in [0.25, 0.3) is 0 Å². The number of ether oxygens (including phenoxy) is 2. The van der Waals surface area contributed by atoms with Gasteiger partial charge in [0.1, 0.15) is 6.04 Å². The minimum atomic E-state index is -0.214. The van der Waals surface area contributed by atoms with E-state index < -0.39 is 0 Å². The molecule has 0 bridgehead atoms. The quantitative estimate of drug-likeness (QED) is 0.669. The molecule has 0 spiro atoms. The predicted octanol–water partition coefficient (Wildman–Crippen LogP) is 1.03. The Morgan fingerprint density at radius 1 is 1.37 bits per heavy atom. The third-order valence-corrected chi connectivity index (χ3v) is 3.50. The molecule has 1 atom stereocenters. The Kier molecular flexibility index (Phi) is 8.02. The molecule has 0 radical (unpaired) electrons. The normalized spacial score (nSPS) is 19.3. The van der Waals surface area contributed by atoms with E-state index in [1.807, 2.05) is 6.92 Å². The van der Waals surface area contributed by atoms with Crippen LogP contribution < -0.4 is 5.32 Å². The second-order valence-corrected chi connectivity index (χ2v) is 4.99. The van der Waals surface area contributed by atoms with Crippen LogP contribution in [-0.4, -0.2) is 62.9 Å². The lowest BCUT2D eigenvalue weighted by Gasteiger charge is -2.33. The molecule has 1 heterocycles. The van der Waals surface area contributed by atoms with Gasteiger partial charge in [-0.25, -0.2) is 0 Å². The smallest absolute Gasteiger partial charge is 0.324 e. The minimum absolute atomic E-state index is 0.166. The van der Waals surface area contributed by atoms with Gasteiger partial charge in [-0.2, -0.15) is 0 Å². The summed E-state index contributed by atoms with van der Waals surface area (Å²) in [5, 5.41) is 3.26. The summed E-state index contributed by atoms with van der Waals surface area (Å²) in [6, 6.07) is -0.214. The lowest BCUT2D eigenvalue weighted by atomic mass is 10.1. The number of piperidine rings is 1. The van der Waals surface area contributed by atoms with Crippen LogP contribution in [0.25, 0.3) is 0 Å². The molecule has 19 heavy (non-hydrogen) atoms. The van der Waals surface area contributed by atoms with E-state index >= 15 is 0 Å². The Labute approximate surface area is 116 Å². The summed E-state index contributed by atoms with van der Waals surface area (Å²) in [4.78, 5) is 14.0. The maximum Gasteiger partial charge on any atom is 0.324 e. The van der Waals surface area contributed by atoms with Gasteiger partial charge in [-0.3, -0.25) is 4.79 Å². The Morgan fingerprint density at radius 2 is 2.05 bits per heavy atom. The summed E-state index contributed by atoms with van der Waals surface area (Å²) in [5.74, 6) is -0.166. The van der Waals surface area contributed by atoms with Crippen LogP contribution in [0.2, 0.25) is 0 Å². The van der Waals surface area contributed by atoms with Crippen LogP contribution in [0.15, 0.2) is 0 Å². The molecule has 112 valence electrons. The van der Waals surface area contributed by atoms with Crippen LogP contribution in [0.4, 0.5) is 0 Å². The zero-order valence-corrected chi connectivity index (χ0v) is 12.5. The van der Waals surface area contributed by atoms with Crippen molar-refractivity contribution in [1.82, 2.24) is 10.2 Å². The number of carbonyl (C=O) groups is 1. The fraction of sp³-hybridized carbons (Fsp3) is 0.929. The molecule has 0 saturated carbocycles. The van der Waals surface area contributed by atoms with Crippen molar-refractivity contribution in [3.8, 4) is 0 Å². The van der Waals surface area contributed by atoms with Gasteiger partial charge in [0, 0.05) is 26.2 Å². The molecule has 0 aromatic rings. The van der Waals surface area contributed by atoms with E-state index in [4.69, 9.17) is 9.47 Å². The first-order chi connectivity index (χ1) is 9.21. The van der Waals surface area contributed by atoms with Crippen molar-refractivity contribution in [3.63, 3.8) is 0 Å². The van der Waals surface area contributed by atoms with Crippen LogP contribution >= 0.6 is 0 Å². The Balaban J connectivity index is 2.36. The second-order valence-electron chi connectivity index (χ2n) is 4.99. The predicted molar refractivity (Wildman–Crippen MR) is 75.2 cm³/mol. The number of carbonyl (C=O) groups excluding carboxylic acids is 1. The lowest BCUT2D eigenvalue weighted by Crippen LogP contribution is -2.49. The molecule has 1 saturated heterocycles. The highest BCUT2D eigenvalue weighted by Crippen LogP contribution is 2.14. The number of methoxy groups -OCH3 is 1. The van der Waals surface area contributed by atoms with Crippen molar-refractivity contribution in [2.75, 3.05) is 39.9 Å². The van der Waals surface area contributed by atoms with Crippen LogP contribution in [-0.2, 0) is 14.3 Å². The van der Waals surface area contributed by atoms with E-state index in [1.54, 1.807) is 0 Å². The highest BCUT2D eigenvalue weighted by atomic mass is 16.5. The molecule has 0 aliphatic carbocycles. The molecule has 0 aromatic heterocycles. The van der Waals surface area contributed by atoms with Crippen LogP contribution in [0, 0.1) is 0 Å². The van der Waals surface area contributed by atoms with Crippen molar-refractivity contribution >= 4 is 5.97 Å². The first kappa shape index (κ1) is 16.4. The van der Waals surface area contributed by atoms with Gasteiger partial charge < -0.3 is 19.7 Å². The van der Waals surface area contributed by atoms with Gasteiger partial charge in [0.2, 0.25) is 0 Å². The molecule has 1 fully saturated rings. The molecule has 0 aromatic carbocycles. The lowest BCUT2D eigenvalue weighted by molar-refractivity contribution is -0.143. The van der Waals surface area contributed by atoms with Gasteiger partial charge >= 0.3 is 5.97 Å². The molecule has 0 amide bonds. The fourth-order valence-electron chi connectivity index (χ4n) is 2.44. The number of nitrogens with zero attached hydrogens (tertiary/aromatic N) is 1. The van der Waals surface area contributed by atoms with E-state index in [9.17, 15) is 4.79 Å². The molecule has 1 aliphatic heterocycles. The number of hydrogen-bond acceptors (Lipinski definition) is 5. The highest BCUT2D eigenvalue weighted by Gasteiger charge is 2.25. The molecule has 1 unspecified atom stereocenters. The molecule has 5 nitrogen and oxygen atoms in total. The maximum atomic E-state index is 11.7. The van der Waals surface area contributed by atoms with E-state index in [-0.39, 0.29) is 12.0 Å². The van der Waals surface area contributed by atoms with Crippen molar-refractivity contribution in [3.05, 3.63) is 0 Å². The summed E-state index contributed by atoms with van der Waals surface area (Å²) in [6.45, 7) is 8.47. The van der Waals surface area contributed by atoms with Crippen molar-refractivity contribution < 1.29 is 14.3 Å². The largest absolute Gasteiger partial charge is 0.468 e. The number of likely N-dealkylation sites (tertiary alicyclic amines) is 1. The fourth-order valence-corrected chi connectivity index (χ4v) is 2.44. The minimum Gasteiger partial charge on any atom is -0.468 e. The topological polar surface area (TPSA) is 50.8 Å². The van der Waals surface area contributed by atoms with Gasteiger partial charge in [-0.1, -0.05) is 6.92 Å². The first-order valence-electron chi connectivity index (χ1n) is 7.36. The van der Waals surface area contributed by atoms with Gasteiger partial charge in [0.05, 0.1) is 13.2 Å². The molecular formula is C14H28N2O3. The standard InChI is InChI=1S/C14H28N2O3/c1-4-8-15-13(14(17)18-3)11-16-9-6-12(7-10-16)19-5-2/h12-13,15H,4-11H2,1-3H3. The summed E-state index contributed by atoms with van der Waals surface area (Å²) < 4.78 is 10.5. The Hall–Kier alpha value is -0.650. The summed E-state index contributed by atoms with van der Waals surface area (Å²) in [7, 11) is 1.45. The van der Waals surface area contributed by atoms with E-state index in [2.05, 4.69) is 17.1 Å². The highest BCUT2D eigenvalue weighted by molar-refractivity contribution is 5.75. The summed E-state index contributed by atoms with van der Waals surface area (Å²) in [6.07, 6.45) is 3.51. The average Bonchev–Trinajstić information content (AvgIpc) is 2.44. The number of rotatable bonds is 8. The monoisotopic (exact) mass is 272 g/mol. The Bertz CT molecular complexity index is 253. The Morgan fingerprint density at radius 3 is 2.58 bits per heavy atom. The van der Waals surface area contributed by atoms with Crippen LogP contribution in [0.5, 0.6) is 0 Å². The van der Waals surface area contributed by atoms with E-state index in [1.165, 1.54) is 7.11 Å². The van der Waals surface area contributed by atoms with Crippen LogP contribution in [0.3, 0.4) is 0 Å². The van der Waals surface area contributed by atoms with E-state index in [0.29, 0.717) is 6.10 Å². The van der Waals surface area contributed by atoms with Crippen molar-refractivity contribution in [2.45, 2.75) is 45.3 Å². The van der Waals surface area contributed by atoms with Crippen LogP contribution in [0.1, 0.15) is 33.1 Å². The molecular weight excluding hydrogens is 244 g/mol. The maximum absolute atomic E-state index is 11.7. The molecule has 1 rings (SSSR count). The zero-order valence-electron chi connectivity index (χ0n) is 12.5. The van der Waals surface area contributed by atoms with E-state index in [0.717, 1.165) is 52.0 Å². The van der Waals surface area contributed by atoms with Gasteiger partial charge in [0.15, 0.2) is 0 Å². The SMILES string of the molecule is CCCNC(CN1CCC(OCC)CC1)C(=O)OC.